The van der Waals surface area contributed by atoms with E-state index in [1.54, 1.807) is 4.90 Å². The van der Waals surface area contributed by atoms with Crippen LogP contribution in [0.2, 0.25) is 0 Å². The van der Waals surface area contributed by atoms with Gasteiger partial charge in [0.25, 0.3) is 0 Å². The van der Waals surface area contributed by atoms with Crippen LogP contribution >= 0.6 is 0 Å². The fourth-order valence-electron chi connectivity index (χ4n) is 1.85. The summed E-state index contributed by atoms with van der Waals surface area (Å²) in [5.41, 5.74) is 0. The highest BCUT2D eigenvalue weighted by molar-refractivity contribution is 5.88. The summed E-state index contributed by atoms with van der Waals surface area (Å²) >= 11 is 0. The normalized spacial score (nSPS) is 25.3. The van der Waals surface area contributed by atoms with Crippen LogP contribution in [0.25, 0.3) is 0 Å². The van der Waals surface area contributed by atoms with Crippen molar-refractivity contribution >= 4 is 11.8 Å². The van der Waals surface area contributed by atoms with Crippen LogP contribution in [0.1, 0.15) is 26.2 Å². The van der Waals surface area contributed by atoms with E-state index >= 15 is 0 Å². The number of amides is 2. The Morgan fingerprint density at radius 3 is 2.81 bits per heavy atom. The molecule has 0 radical (unpaired) electrons. The Bertz CT molecular complexity index is 289. The second-order valence-corrected chi connectivity index (χ2v) is 4.31. The SMILES string of the molecule is CCC(=O)N1CCOCC1C(=O)NC1CC1. The zero-order valence-electron chi connectivity index (χ0n) is 9.57. The van der Waals surface area contributed by atoms with Gasteiger partial charge in [0.05, 0.1) is 13.2 Å². The van der Waals surface area contributed by atoms with Crippen LogP contribution in [0.4, 0.5) is 0 Å². The number of carbonyl (C=O) groups excluding carboxylic acids is 2. The van der Waals surface area contributed by atoms with Crippen molar-refractivity contribution in [2.24, 2.45) is 0 Å². The Morgan fingerprint density at radius 2 is 2.19 bits per heavy atom. The van der Waals surface area contributed by atoms with E-state index in [0.29, 0.717) is 32.2 Å². The molecule has 1 heterocycles. The van der Waals surface area contributed by atoms with Crippen molar-refractivity contribution < 1.29 is 14.3 Å². The molecular formula is C11H18N2O3. The minimum atomic E-state index is -0.429. The molecule has 1 N–H and O–H groups in total. The Labute approximate surface area is 95.1 Å². The second kappa shape index (κ2) is 4.82. The number of hydrogen-bond acceptors (Lipinski definition) is 3. The molecule has 0 aromatic carbocycles. The van der Waals surface area contributed by atoms with Gasteiger partial charge in [-0.1, -0.05) is 6.92 Å². The molecule has 0 aromatic rings. The number of hydrogen-bond donors (Lipinski definition) is 1. The molecule has 16 heavy (non-hydrogen) atoms. The maximum Gasteiger partial charge on any atom is 0.245 e. The standard InChI is InChI=1S/C11H18N2O3/c1-2-10(14)13-5-6-16-7-9(13)11(15)12-8-3-4-8/h8-9H,2-7H2,1H3,(H,12,15). The highest BCUT2D eigenvalue weighted by Gasteiger charge is 2.34. The first-order valence-corrected chi connectivity index (χ1v) is 5.90. The summed E-state index contributed by atoms with van der Waals surface area (Å²) < 4.78 is 5.28. The molecule has 5 nitrogen and oxygen atoms in total. The molecule has 0 aromatic heterocycles. The van der Waals surface area contributed by atoms with Gasteiger partial charge in [0, 0.05) is 19.0 Å². The summed E-state index contributed by atoms with van der Waals surface area (Å²) in [4.78, 5) is 25.2. The van der Waals surface area contributed by atoms with Gasteiger partial charge in [-0.2, -0.15) is 0 Å². The predicted molar refractivity (Wildman–Crippen MR) is 57.8 cm³/mol. The average Bonchev–Trinajstić information content (AvgIpc) is 3.12. The fourth-order valence-corrected chi connectivity index (χ4v) is 1.85. The summed E-state index contributed by atoms with van der Waals surface area (Å²) in [6.07, 6.45) is 2.55. The van der Waals surface area contributed by atoms with Gasteiger partial charge >= 0.3 is 0 Å². The summed E-state index contributed by atoms with van der Waals surface area (Å²) in [6.45, 7) is 3.19. The fraction of sp³-hybridized carbons (Fsp3) is 0.818. The average molecular weight is 226 g/mol. The quantitative estimate of drug-likeness (QED) is 0.731. The van der Waals surface area contributed by atoms with E-state index in [-0.39, 0.29) is 11.8 Å². The number of ether oxygens (including phenoxy) is 1. The van der Waals surface area contributed by atoms with E-state index in [0.717, 1.165) is 12.8 Å². The van der Waals surface area contributed by atoms with Gasteiger partial charge in [-0.3, -0.25) is 9.59 Å². The summed E-state index contributed by atoms with van der Waals surface area (Å²) in [7, 11) is 0. The second-order valence-electron chi connectivity index (χ2n) is 4.31. The first kappa shape index (κ1) is 11.4. The van der Waals surface area contributed by atoms with E-state index in [9.17, 15) is 9.59 Å². The van der Waals surface area contributed by atoms with Crippen LogP contribution in [0.15, 0.2) is 0 Å². The molecular weight excluding hydrogens is 208 g/mol. The zero-order valence-corrected chi connectivity index (χ0v) is 9.57. The van der Waals surface area contributed by atoms with Crippen LogP contribution in [0.5, 0.6) is 0 Å². The zero-order chi connectivity index (χ0) is 11.5. The Balaban J connectivity index is 1.96. The van der Waals surface area contributed by atoms with Crippen molar-refractivity contribution in [1.29, 1.82) is 0 Å². The summed E-state index contributed by atoms with van der Waals surface area (Å²) in [5.74, 6) is -0.0387. The molecule has 1 aliphatic heterocycles. The lowest BCUT2D eigenvalue weighted by molar-refractivity contribution is -0.148. The third-order valence-corrected chi connectivity index (χ3v) is 2.98. The topological polar surface area (TPSA) is 58.6 Å². The van der Waals surface area contributed by atoms with Crippen molar-refractivity contribution in [3.63, 3.8) is 0 Å². The molecule has 1 unspecified atom stereocenters. The molecule has 1 atom stereocenters. The van der Waals surface area contributed by atoms with Crippen molar-refractivity contribution in [3.05, 3.63) is 0 Å². The minimum Gasteiger partial charge on any atom is -0.377 e. The number of nitrogens with one attached hydrogen (secondary N) is 1. The molecule has 2 amide bonds. The lowest BCUT2D eigenvalue weighted by Gasteiger charge is -2.34. The van der Waals surface area contributed by atoms with Crippen molar-refractivity contribution in [3.8, 4) is 0 Å². The molecule has 1 aliphatic carbocycles. The monoisotopic (exact) mass is 226 g/mol. The molecule has 90 valence electrons. The highest BCUT2D eigenvalue weighted by atomic mass is 16.5. The third kappa shape index (κ3) is 2.52. The molecule has 2 fully saturated rings. The van der Waals surface area contributed by atoms with E-state index in [2.05, 4.69) is 5.32 Å². The third-order valence-electron chi connectivity index (χ3n) is 2.98. The summed E-state index contributed by atoms with van der Waals surface area (Å²) in [6, 6.07) is -0.102. The van der Waals surface area contributed by atoms with E-state index in [4.69, 9.17) is 4.74 Å². The summed E-state index contributed by atoms with van der Waals surface area (Å²) in [5, 5.41) is 2.92. The van der Waals surface area contributed by atoms with Crippen LogP contribution in [0.3, 0.4) is 0 Å². The first-order chi connectivity index (χ1) is 7.72. The minimum absolute atomic E-state index is 0.0271. The number of morpholine rings is 1. The molecule has 2 rings (SSSR count). The van der Waals surface area contributed by atoms with E-state index < -0.39 is 6.04 Å². The number of rotatable bonds is 3. The largest absolute Gasteiger partial charge is 0.377 e. The number of carbonyl (C=O) groups is 2. The van der Waals surface area contributed by atoms with Crippen LogP contribution < -0.4 is 5.32 Å². The maximum absolute atomic E-state index is 11.9. The molecule has 1 saturated heterocycles. The molecule has 5 heteroatoms. The predicted octanol–water partition coefficient (Wildman–Crippen LogP) is -0.0976. The molecule has 1 saturated carbocycles. The molecule has 0 bridgehead atoms. The molecule has 2 aliphatic rings. The maximum atomic E-state index is 11.9. The highest BCUT2D eigenvalue weighted by Crippen LogP contribution is 2.19. The Kier molecular flexibility index (Phi) is 3.43. The van der Waals surface area contributed by atoms with Gasteiger partial charge in [0.1, 0.15) is 6.04 Å². The Morgan fingerprint density at radius 1 is 1.44 bits per heavy atom. The van der Waals surface area contributed by atoms with E-state index in [1.807, 2.05) is 6.92 Å². The van der Waals surface area contributed by atoms with Crippen molar-refractivity contribution in [2.75, 3.05) is 19.8 Å². The number of nitrogens with zero attached hydrogens (tertiary/aromatic N) is 1. The van der Waals surface area contributed by atoms with Gasteiger partial charge < -0.3 is 15.0 Å². The smallest absolute Gasteiger partial charge is 0.245 e. The van der Waals surface area contributed by atoms with Crippen LogP contribution in [-0.4, -0.2) is 48.6 Å². The van der Waals surface area contributed by atoms with Gasteiger partial charge in [-0.25, -0.2) is 0 Å². The Hall–Kier alpha value is -1.10. The lowest BCUT2D eigenvalue weighted by atomic mass is 10.2. The van der Waals surface area contributed by atoms with Gasteiger partial charge in [0.15, 0.2) is 0 Å². The van der Waals surface area contributed by atoms with Gasteiger partial charge in [-0.05, 0) is 12.8 Å². The van der Waals surface area contributed by atoms with Crippen LogP contribution in [-0.2, 0) is 14.3 Å². The molecule has 0 spiro atoms. The van der Waals surface area contributed by atoms with Crippen molar-refractivity contribution in [1.82, 2.24) is 10.2 Å². The van der Waals surface area contributed by atoms with Crippen LogP contribution in [0, 0.1) is 0 Å². The lowest BCUT2D eigenvalue weighted by Crippen LogP contribution is -2.56. The van der Waals surface area contributed by atoms with Gasteiger partial charge in [0.2, 0.25) is 11.8 Å². The van der Waals surface area contributed by atoms with E-state index in [1.165, 1.54) is 0 Å². The van der Waals surface area contributed by atoms with Gasteiger partial charge in [-0.15, -0.1) is 0 Å². The van der Waals surface area contributed by atoms with Crippen molar-refractivity contribution in [2.45, 2.75) is 38.3 Å². The first-order valence-electron chi connectivity index (χ1n) is 5.90.